The first kappa shape index (κ1) is 29.6. The van der Waals surface area contributed by atoms with Crippen LogP contribution in [0.4, 0.5) is 16.4 Å². The fourth-order valence-electron chi connectivity index (χ4n) is 4.60. The minimum atomic E-state index is -0.741. The van der Waals surface area contributed by atoms with Crippen LogP contribution < -0.4 is 10.6 Å². The van der Waals surface area contributed by atoms with E-state index in [0.29, 0.717) is 31.3 Å². The number of nitrogens with zero attached hydrogens (tertiary/aromatic N) is 5. The van der Waals surface area contributed by atoms with E-state index in [9.17, 15) is 14.9 Å². The number of carbonyl (C=O) groups excluding carboxylic acids is 2. The highest BCUT2D eigenvalue weighted by molar-refractivity contribution is 5.90. The molecule has 2 N–H and O–H groups in total. The van der Waals surface area contributed by atoms with Crippen LogP contribution in [-0.2, 0) is 16.0 Å². The molecule has 0 aliphatic carbocycles. The first-order chi connectivity index (χ1) is 19.2. The molecule has 0 bridgehead atoms. The zero-order valence-corrected chi connectivity index (χ0v) is 24.9. The molecule has 1 fully saturated rings. The van der Waals surface area contributed by atoms with E-state index in [4.69, 9.17) is 9.47 Å². The Kier molecular flexibility index (Phi) is 8.42. The van der Waals surface area contributed by atoms with Crippen LogP contribution in [-0.4, -0.2) is 61.9 Å². The van der Waals surface area contributed by atoms with Crippen molar-refractivity contribution in [3.63, 3.8) is 0 Å². The second kappa shape index (κ2) is 11.6. The Labute approximate surface area is 240 Å². The second-order valence-corrected chi connectivity index (χ2v) is 12.4. The van der Waals surface area contributed by atoms with Crippen LogP contribution in [0.5, 0.6) is 0 Å². The highest BCUT2D eigenvalue weighted by Crippen LogP contribution is 2.25. The van der Waals surface area contributed by atoms with Crippen molar-refractivity contribution in [2.45, 2.75) is 85.1 Å². The topological polar surface area (TPSA) is 134 Å². The van der Waals surface area contributed by atoms with Crippen LogP contribution in [0.15, 0.2) is 30.3 Å². The maximum Gasteiger partial charge on any atom is 0.410 e. The van der Waals surface area contributed by atoms with Crippen LogP contribution in [0.1, 0.15) is 81.6 Å². The number of anilines is 2. The number of ether oxygens (including phenoxy) is 2. The number of hydrogen-bond donors (Lipinski definition) is 2. The zero-order valence-electron chi connectivity index (χ0n) is 24.9. The summed E-state index contributed by atoms with van der Waals surface area (Å²) in [6.07, 6.45) is 1.21. The quantitative estimate of drug-likeness (QED) is 0.385. The monoisotopic (exact) mass is 561 g/mol. The molecule has 4 rings (SSSR count). The molecule has 1 aliphatic rings. The molecule has 3 aromatic rings. The van der Waals surface area contributed by atoms with Crippen LogP contribution >= 0.6 is 0 Å². The predicted molar refractivity (Wildman–Crippen MR) is 156 cm³/mol. The Morgan fingerprint density at radius 1 is 1.12 bits per heavy atom. The lowest BCUT2D eigenvalue weighted by Gasteiger charge is -2.34. The van der Waals surface area contributed by atoms with E-state index in [-0.39, 0.29) is 29.0 Å². The Morgan fingerprint density at radius 2 is 1.85 bits per heavy atom. The molecule has 1 atom stereocenters. The summed E-state index contributed by atoms with van der Waals surface area (Å²) >= 11 is 0. The summed E-state index contributed by atoms with van der Waals surface area (Å²) in [5.41, 5.74) is 1.39. The number of fused-ring (bicyclic) bond motifs is 1. The van der Waals surface area contributed by atoms with Gasteiger partial charge in [-0.1, -0.05) is 29.8 Å². The summed E-state index contributed by atoms with van der Waals surface area (Å²) in [6, 6.07) is 11.7. The van der Waals surface area contributed by atoms with E-state index >= 15 is 0 Å². The Morgan fingerprint density at radius 3 is 2.51 bits per heavy atom. The number of esters is 1. The van der Waals surface area contributed by atoms with Crippen molar-refractivity contribution in [2.75, 3.05) is 23.7 Å². The first-order valence-corrected chi connectivity index (χ1v) is 13.8. The number of nitrogens with one attached hydrogen (secondary N) is 2. The zero-order chi connectivity index (χ0) is 29.9. The number of amides is 1. The molecule has 1 amide bonds. The van der Waals surface area contributed by atoms with Gasteiger partial charge in [0.05, 0.1) is 0 Å². The van der Waals surface area contributed by atoms with Gasteiger partial charge in [0.15, 0.2) is 17.2 Å². The van der Waals surface area contributed by atoms with Gasteiger partial charge in [-0.3, -0.25) is 0 Å². The van der Waals surface area contributed by atoms with Crippen LogP contribution in [0, 0.1) is 18.3 Å². The summed E-state index contributed by atoms with van der Waals surface area (Å²) in [5, 5.41) is 21.2. The molecule has 11 nitrogen and oxygen atoms in total. The number of likely N-dealkylation sites (tertiary alicyclic amines) is 1. The highest BCUT2D eigenvalue weighted by atomic mass is 16.6. The van der Waals surface area contributed by atoms with Gasteiger partial charge in [0.2, 0.25) is 0 Å². The average Bonchev–Trinajstić information content (AvgIpc) is 3.22. The smallest absolute Gasteiger partial charge is 0.410 e. The fraction of sp³-hybridized carbons (Fsp3) is 0.500. The van der Waals surface area contributed by atoms with Gasteiger partial charge in [-0.15, -0.1) is 5.10 Å². The van der Waals surface area contributed by atoms with E-state index < -0.39 is 17.2 Å². The normalized spacial score (nSPS) is 15.8. The lowest BCUT2D eigenvalue weighted by molar-refractivity contribution is 0.00590. The molecular weight excluding hydrogens is 522 g/mol. The minimum Gasteiger partial charge on any atom is -0.455 e. The van der Waals surface area contributed by atoms with E-state index in [1.807, 2.05) is 52.0 Å². The summed E-state index contributed by atoms with van der Waals surface area (Å²) in [4.78, 5) is 32.3. The van der Waals surface area contributed by atoms with Gasteiger partial charge in [-0.05, 0) is 66.9 Å². The van der Waals surface area contributed by atoms with E-state index in [0.717, 1.165) is 24.0 Å². The van der Waals surface area contributed by atoms with Gasteiger partial charge < -0.3 is 25.0 Å². The van der Waals surface area contributed by atoms with Gasteiger partial charge in [-0.2, -0.15) is 5.26 Å². The molecule has 218 valence electrons. The molecule has 0 unspecified atom stereocenters. The number of nitriles is 1. The number of aryl methyl sites for hydroxylation is 1. The SMILES string of the molecule is Cc1cccc(CNc2nn3c(C(=O)OC(C)(C)C)cc(N[C@H]4CCCN(C(=O)OC(C)(C)C)C4)nc3c2C#N)c1. The summed E-state index contributed by atoms with van der Waals surface area (Å²) in [7, 11) is 0. The molecule has 2 aromatic heterocycles. The third-order valence-corrected chi connectivity index (χ3v) is 6.28. The Bertz CT molecular complexity index is 1480. The van der Waals surface area contributed by atoms with Gasteiger partial charge in [0.1, 0.15) is 28.7 Å². The molecular formula is C30H39N7O4. The second-order valence-electron chi connectivity index (χ2n) is 12.4. The fourth-order valence-corrected chi connectivity index (χ4v) is 4.60. The first-order valence-electron chi connectivity index (χ1n) is 13.8. The Balaban J connectivity index is 1.66. The van der Waals surface area contributed by atoms with Crippen molar-refractivity contribution in [1.82, 2.24) is 19.5 Å². The third-order valence-electron chi connectivity index (χ3n) is 6.28. The number of aromatic nitrogens is 3. The molecule has 1 saturated heterocycles. The van der Waals surface area contributed by atoms with Crippen molar-refractivity contribution >= 4 is 29.3 Å². The molecule has 1 aliphatic heterocycles. The molecule has 0 saturated carbocycles. The van der Waals surface area contributed by atoms with Crippen LogP contribution in [0.25, 0.3) is 5.65 Å². The number of hydrogen-bond acceptors (Lipinski definition) is 9. The van der Waals surface area contributed by atoms with Crippen LogP contribution in [0.2, 0.25) is 0 Å². The summed E-state index contributed by atoms with van der Waals surface area (Å²) < 4.78 is 12.6. The van der Waals surface area contributed by atoms with E-state index in [2.05, 4.69) is 26.8 Å². The van der Waals surface area contributed by atoms with Crippen molar-refractivity contribution in [3.8, 4) is 6.07 Å². The van der Waals surface area contributed by atoms with Crippen molar-refractivity contribution < 1.29 is 19.1 Å². The number of carbonyl (C=O) groups is 2. The summed E-state index contributed by atoms with van der Waals surface area (Å²) in [5.74, 6) is 0.109. The molecule has 3 heterocycles. The lowest BCUT2D eigenvalue weighted by atomic mass is 10.1. The van der Waals surface area contributed by atoms with Crippen molar-refractivity contribution in [2.24, 2.45) is 0 Å². The third kappa shape index (κ3) is 7.66. The largest absolute Gasteiger partial charge is 0.455 e. The van der Waals surface area contributed by atoms with Gasteiger partial charge in [0.25, 0.3) is 0 Å². The Hall–Kier alpha value is -4.33. The lowest BCUT2D eigenvalue weighted by Crippen LogP contribution is -2.47. The van der Waals surface area contributed by atoms with E-state index in [1.54, 1.807) is 31.7 Å². The molecule has 11 heteroatoms. The number of rotatable bonds is 6. The maximum atomic E-state index is 13.3. The van der Waals surface area contributed by atoms with Crippen LogP contribution in [0.3, 0.4) is 0 Å². The van der Waals surface area contributed by atoms with E-state index in [1.165, 1.54) is 4.52 Å². The van der Waals surface area contributed by atoms with Gasteiger partial charge in [-0.25, -0.2) is 19.1 Å². The van der Waals surface area contributed by atoms with Gasteiger partial charge in [0, 0.05) is 31.7 Å². The highest BCUT2D eigenvalue weighted by Gasteiger charge is 2.29. The maximum absolute atomic E-state index is 13.3. The standard InChI is InChI=1S/C30H39N7O4/c1-19-10-8-11-20(14-19)17-32-25-22(16-31)26-34-24(15-23(37(26)35-25)27(38)40-29(2,3)4)33-21-12-9-13-36(18-21)28(39)41-30(5,6)7/h8,10-11,14-15,21H,9,12-13,17-18H2,1-7H3,(H,32,35)(H,33,34)/t21-/m0/s1. The molecule has 0 spiro atoms. The number of benzene rings is 1. The molecule has 41 heavy (non-hydrogen) atoms. The number of piperidine rings is 1. The van der Waals surface area contributed by atoms with Crippen molar-refractivity contribution in [1.29, 1.82) is 5.26 Å². The minimum absolute atomic E-state index is 0.132. The molecule has 1 aromatic carbocycles. The molecule has 0 radical (unpaired) electrons. The average molecular weight is 562 g/mol. The summed E-state index contributed by atoms with van der Waals surface area (Å²) in [6.45, 7) is 14.3. The predicted octanol–water partition coefficient (Wildman–Crippen LogP) is 5.29. The van der Waals surface area contributed by atoms with Gasteiger partial charge >= 0.3 is 12.1 Å². The van der Waals surface area contributed by atoms with Crippen molar-refractivity contribution in [3.05, 3.63) is 52.7 Å².